The molecule has 2 unspecified atom stereocenters. The van der Waals surface area contributed by atoms with Crippen LogP contribution in [0.3, 0.4) is 0 Å². The topological polar surface area (TPSA) is 95.9 Å². The summed E-state index contributed by atoms with van der Waals surface area (Å²) in [5.74, 6) is -0.185. The van der Waals surface area contributed by atoms with Crippen molar-refractivity contribution in [2.45, 2.75) is 199 Å². The van der Waals surface area contributed by atoms with Crippen LogP contribution >= 0.6 is 0 Å². The highest BCUT2D eigenvalue weighted by Gasteiger charge is 2.17. The van der Waals surface area contributed by atoms with Gasteiger partial charge in [0, 0.05) is 12.8 Å². The Morgan fingerprint density at radius 1 is 0.574 bits per heavy atom. The van der Waals surface area contributed by atoms with Crippen molar-refractivity contribution in [3.8, 4) is 0 Å². The summed E-state index contributed by atoms with van der Waals surface area (Å²) in [6, 6.07) is -0.663. The Hall–Kier alpha value is -1.92. The lowest BCUT2D eigenvalue weighted by molar-refractivity contribution is -0.143. The number of aliphatic hydroxyl groups is 2. The van der Waals surface area contributed by atoms with Crippen molar-refractivity contribution < 1.29 is 24.5 Å². The Morgan fingerprint density at radius 3 is 1.60 bits per heavy atom. The van der Waals surface area contributed by atoms with E-state index in [2.05, 4.69) is 43.5 Å². The molecule has 47 heavy (non-hydrogen) atoms. The number of carbonyl (C=O) groups is 2. The van der Waals surface area contributed by atoms with Crippen LogP contribution in [-0.2, 0) is 14.3 Å². The summed E-state index contributed by atoms with van der Waals surface area (Å²) in [7, 11) is 0. The highest BCUT2D eigenvalue weighted by Crippen LogP contribution is 2.11. The van der Waals surface area contributed by atoms with Crippen LogP contribution in [0.15, 0.2) is 36.5 Å². The largest absolute Gasteiger partial charge is 0.466 e. The number of rotatable bonds is 35. The van der Waals surface area contributed by atoms with E-state index >= 15 is 0 Å². The first-order valence-electron chi connectivity index (χ1n) is 19.8. The van der Waals surface area contributed by atoms with Gasteiger partial charge in [0.1, 0.15) is 0 Å². The molecule has 0 aliphatic carbocycles. The number of amides is 1. The molecule has 3 N–H and O–H groups in total. The van der Waals surface area contributed by atoms with E-state index in [0.29, 0.717) is 19.4 Å². The predicted octanol–water partition coefficient (Wildman–Crippen LogP) is 10.6. The zero-order valence-electron chi connectivity index (χ0n) is 30.7. The lowest BCUT2D eigenvalue weighted by Crippen LogP contribution is -2.45. The molecule has 0 aliphatic rings. The first-order chi connectivity index (χ1) is 23.0. The minimum Gasteiger partial charge on any atom is -0.466 e. The SMILES string of the molecule is CCCCC/C=C\CCCCCCCC(=O)OCCCCCC/C=C\CCCC(=O)NC(CO)C(O)/C=C/CCCCCCCCC. The van der Waals surface area contributed by atoms with Gasteiger partial charge in [-0.3, -0.25) is 9.59 Å². The summed E-state index contributed by atoms with van der Waals surface area (Å²) in [6.07, 6.45) is 41.3. The van der Waals surface area contributed by atoms with E-state index in [-0.39, 0.29) is 18.5 Å². The molecule has 0 saturated heterocycles. The van der Waals surface area contributed by atoms with E-state index in [1.807, 2.05) is 6.08 Å². The molecule has 0 bridgehead atoms. The summed E-state index contributed by atoms with van der Waals surface area (Å²) in [5.41, 5.74) is 0. The minimum absolute atomic E-state index is 0.0504. The molecule has 0 aromatic carbocycles. The molecule has 0 saturated carbocycles. The number of allylic oxidation sites excluding steroid dienone is 5. The summed E-state index contributed by atoms with van der Waals surface area (Å²) < 4.78 is 5.39. The van der Waals surface area contributed by atoms with Gasteiger partial charge in [0.2, 0.25) is 5.91 Å². The number of esters is 1. The lowest BCUT2D eigenvalue weighted by atomic mass is 10.1. The molecule has 2 atom stereocenters. The maximum atomic E-state index is 12.3. The number of hydrogen-bond acceptors (Lipinski definition) is 5. The average molecular weight is 662 g/mol. The molecular formula is C41H75NO5. The van der Waals surface area contributed by atoms with E-state index in [9.17, 15) is 19.8 Å². The maximum Gasteiger partial charge on any atom is 0.305 e. The van der Waals surface area contributed by atoms with Gasteiger partial charge in [0.15, 0.2) is 0 Å². The van der Waals surface area contributed by atoms with E-state index in [0.717, 1.165) is 70.6 Å². The van der Waals surface area contributed by atoms with Gasteiger partial charge in [-0.25, -0.2) is 0 Å². The highest BCUT2D eigenvalue weighted by molar-refractivity contribution is 5.76. The summed E-state index contributed by atoms with van der Waals surface area (Å²) in [5, 5.41) is 22.7. The van der Waals surface area contributed by atoms with Crippen LogP contribution in [0, 0.1) is 0 Å². The second-order valence-corrected chi connectivity index (χ2v) is 13.2. The quantitative estimate of drug-likeness (QED) is 0.0357. The Bertz CT molecular complexity index is 778. The standard InChI is InChI=1S/C41H75NO5/c1-3-5-7-9-11-13-14-15-19-23-27-31-35-41(46)47-36-32-28-24-20-16-18-22-26-30-34-40(45)42-38(37-43)39(44)33-29-25-21-17-12-10-8-6-4-2/h11,13,18,22,29,33,38-39,43-44H,3-10,12,14-17,19-21,23-28,30-32,34-37H2,1-2H3,(H,42,45)/b13-11-,22-18-,33-29+. The van der Waals surface area contributed by atoms with Gasteiger partial charge in [0.25, 0.3) is 0 Å². The molecule has 0 aromatic heterocycles. The van der Waals surface area contributed by atoms with Crippen molar-refractivity contribution in [2.24, 2.45) is 0 Å². The van der Waals surface area contributed by atoms with Gasteiger partial charge in [0.05, 0.1) is 25.4 Å². The molecule has 0 aromatic rings. The van der Waals surface area contributed by atoms with Crippen molar-refractivity contribution in [2.75, 3.05) is 13.2 Å². The maximum absolute atomic E-state index is 12.3. The van der Waals surface area contributed by atoms with Crippen LogP contribution in [-0.4, -0.2) is 47.4 Å². The van der Waals surface area contributed by atoms with E-state index < -0.39 is 12.1 Å². The van der Waals surface area contributed by atoms with Gasteiger partial charge >= 0.3 is 5.97 Å². The number of unbranched alkanes of at least 4 members (excludes halogenated alkanes) is 20. The Morgan fingerprint density at radius 2 is 1.02 bits per heavy atom. The van der Waals surface area contributed by atoms with E-state index in [1.165, 1.54) is 89.9 Å². The van der Waals surface area contributed by atoms with Crippen LogP contribution < -0.4 is 5.32 Å². The number of aliphatic hydroxyl groups excluding tert-OH is 2. The third-order valence-electron chi connectivity index (χ3n) is 8.63. The summed E-state index contributed by atoms with van der Waals surface area (Å²) >= 11 is 0. The second kappa shape index (κ2) is 36.9. The third-order valence-corrected chi connectivity index (χ3v) is 8.63. The Labute approximate surface area is 290 Å². The van der Waals surface area contributed by atoms with Crippen LogP contribution in [0.5, 0.6) is 0 Å². The van der Waals surface area contributed by atoms with Crippen LogP contribution in [0.2, 0.25) is 0 Å². The van der Waals surface area contributed by atoms with Crippen molar-refractivity contribution >= 4 is 11.9 Å². The summed E-state index contributed by atoms with van der Waals surface area (Å²) in [4.78, 5) is 24.2. The molecule has 6 heteroatoms. The predicted molar refractivity (Wildman–Crippen MR) is 199 cm³/mol. The van der Waals surface area contributed by atoms with Gasteiger partial charge < -0.3 is 20.3 Å². The minimum atomic E-state index is -0.872. The molecule has 6 nitrogen and oxygen atoms in total. The molecular weight excluding hydrogens is 586 g/mol. The zero-order valence-corrected chi connectivity index (χ0v) is 30.7. The van der Waals surface area contributed by atoms with Gasteiger partial charge in [-0.2, -0.15) is 0 Å². The van der Waals surface area contributed by atoms with E-state index in [1.54, 1.807) is 6.08 Å². The summed E-state index contributed by atoms with van der Waals surface area (Å²) in [6.45, 7) is 4.72. The monoisotopic (exact) mass is 662 g/mol. The molecule has 0 aliphatic heterocycles. The molecule has 0 fully saturated rings. The first-order valence-corrected chi connectivity index (χ1v) is 19.8. The number of hydrogen-bond donors (Lipinski definition) is 3. The lowest BCUT2D eigenvalue weighted by Gasteiger charge is -2.19. The van der Waals surface area contributed by atoms with Crippen LogP contribution in [0.1, 0.15) is 187 Å². The number of carbonyl (C=O) groups excluding carboxylic acids is 2. The molecule has 0 heterocycles. The van der Waals surface area contributed by atoms with E-state index in [4.69, 9.17) is 4.74 Å². The fraction of sp³-hybridized carbons (Fsp3) is 0.805. The number of nitrogens with one attached hydrogen (secondary N) is 1. The van der Waals surface area contributed by atoms with Crippen LogP contribution in [0.4, 0.5) is 0 Å². The Kier molecular flexibility index (Phi) is 35.4. The fourth-order valence-corrected chi connectivity index (χ4v) is 5.51. The molecule has 1 amide bonds. The Balaban J connectivity index is 3.62. The van der Waals surface area contributed by atoms with Crippen molar-refractivity contribution in [3.05, 3.63) is 36.5 Å². The highest BCUT2D eigenvalue weighted by atomic mass is 16.5. The molecule has 0 spiro atoms. The molecule has 0 radical (unpaired) electrons. The first kappa shape index (κ1) is 45.1. The molecule has 274 valence electrons. The normalized spacial score (nSPS) is 13.2. The van der Waals surface area contributed by atoms with Gasteiger partial charge in [-0.05, 0) is 77.0 Å². The van der Waals surface area contributed by atoms with Crippen molar-refractivity contribution in [1.29, 1.82) is 0 Å². The molecule has 0 rings (SSSR count). The second-order valence-electron chi connectivity index (χ2n) is 13.2. The van der Waals surface area contributed by atoms with Crippen LogP contribution in [0.25, 0.3) is 0 Å². The third kappa shape index (κ3) is 33.8. The van der Waals surface area contributed by atoms with Crippen molar-refractivity contribution in [3.63, 3.8) is 0 Å². The number of ether oxygens (including phenoxy) is 1. The van der Waals surface area contributed by atoms with Gasteiger partial charge in [-0.15, -0.1) is 0 Å². The zero-order chi connectivity index (χ0) is 34.5. The fourth-order valence-electron chi connectivity index (χ4n) is 5.51. The smallest absolute Gasteiger partial charge is 0.305 e. The van der Waals surface area contributed by atoms with Crippen molar-refractivity contribution in [1.82, 2.24) is 5.32 Å². The van der Waals surface area contributed by atoms with Gasteiger partial charge in [-0.1, -0.05) is 134 Å². The average Bonchev–Trinajstić information content (AvgIpc) is 3.07.